The number of anilines is 1. The van der Waals surface area contributed by atoms with Crippen molar-refractivity contribution in [3.8, 4) is 11.4 Å². The third-order valence-corrected chi connectivity index (χ3v) is 5.68. The first-order chi connectivity index (χ1) is 12.9. The van der Waals surface area contributed by atoms with Crippen LogP contribution in [0.15, 0.2) is 51.9 Å². The van der Waals surface area contributed by atoms with Gasteiger partial charge in [-0.3, -0.25) is 4.79 Å². The summed E-state index contributed by atoms with van der Waals surface area (Å²) in [7, 11) is -3.78. The molecule has 1 amide bonds. The monoisotopic (exact) mass is 384 g/mol. The van der Waals surface area contributed by atoms with E-state index in [4.69, 9.17) is 4.52 Å². The lowest BCUT2D eigenvalue weighted by Crippen LogP contribution is -2.23. The molecule has 27 heavy (non-hydrogen) atoms. The van der Waals surface area contributed by atoms with Gasteiger partial charge in [0, 0.05) is 11.3 Å². The van der Waals surface area contributed by atoms with Gasteiger partial charge in [-0.15, -0.1) is 0 Å². The van der Waals surface area contributed by atoms with E-state index in [1.54, 1.807) is 6.07 Å². The van der Waals surface area contributed by atoms with Gasteiger partial charge in [0.05, 0.1) is 17.9 Å². The Kier molecular flexibility index (Phi) is 4.25. The van der Waals surface area contributed by atoms with Crippen LogP contribution in [-0.2, 0) is 27.8 Å². The lowest BCUT2D eigenvalue weighted by atomic mass is 10.1. The molecule has 4 rings (SSSR count). The molecule has 1 aromatic heterocycles. The Morgan fingerprint density at radius 3 is 2.85 bits per heavy atom. The average molecular weight is 384 g/mol. The van der Waals surface area contributed by atoms with Crippen LogP contribution in [0.5, 0.6) is 0 Å². The molecule has 1 aliphatic rings. The zero-order valence-electron chi connectivity index (χ0n) is 14.4. The first-order valence-electron chi connectivity index (χ1n) is 8.23. The van der Waals surface area contributed by atoms with Gasteiger partial charge in [0.1, 0.15) is 0 Å². The van der Waals surface area contributed by atoms with Crippen LogP contribution in [0.3, 0.4) is 0 Å². The first kappa shape index (κ1) is 17.4. The Hall–Kier alpha value is -3.04. The topological polar surface area (TPSA) is 114 Å². The van der Waals surface area contributed by atoms with Crippen molar-refractivity contribution in [2.45, 2.75) is 24.8 Å². The summed E-state index contributed by atoms with van der Waals surface area (Å²) in [5.74, 6) is 0.418. The molecule has 9 heteroatoms. The van der Waals surface area contributed by atoms with Crippen LogP contribution in [0, 0.1) is 6.92 Å². The Morgan fingerprint density at radius 2 is 2.04 bits per heavy atom. The number of nitrogens with zero attached hydrogens (tertiary/aromatic N) is 2. The maximum Gasteiger partial charge on any atom is 0.242 e. The molecule has 2 aromatic carbocycles. The third-order valence-electron chi connectivity index (χ3n) is 4.28. The highest BCUT2D eigenvalue weighted by Crippen LogP contribution is 2.26. The van der Waals surface area contributed by atoms with Gasteiger partial charge in [-0.25, -0.2) is 13.1 Å². The molecule has 8 nitrogen and oxygen atoms in total. The maximum absolute atomic E-state index is 12.5. The molecule has 0 fully saturated rings. The van der Waals surface area contributed by atoms with Crippen LogP contribution in [0.2, 0.25) is 0 Å². The van der Waals surface area contributed by atoms with E-state index in [2.05, 4.69) is 20.2 Å². The van der Waals surface area contributed by atoms with Gasteiger partial charge in [-0.2, -0.15) is 4.98 Å². The van der Waals surface area contributed by atoms with Crippen molar-refractivity contribution in [2.75, 3.05) is 5.32 Å². The zero-order chi connectivity index (χ0) is 19.0. The van der Waals surface area contributed by atoms with Crippen LogP contribution in [0.4, 0.5) is 5.69 Å². The Morgan fingerprint density at radius 1 is 1.22 bits per heavy atom. The number of benzene rings is 2. The van der Waals surface area contributed by atoms with Crippen molar-refractivity contribution in [1.82, 2.24) is 14.9 Å². The second-order valence-electron chi connectivity index (χ2n) is 6.20. The second kappa shape index (κ2) is 6.60. The number of amides is 1. The van der Waals surface area contributed by atoms with Gasteiger partial charge in [0.2, 0.25) is 27.6 Å². The summed E-state index contributed by atoms with van der Waals surface area (Å²) in [6.45, 7) is 1.80. The number of hydrogen-bond donors (Lipinski definition) is 2. The summed E-state index contributed by atoms with van der Waals surface area (Å²) in [6, 6.07) is 12.1. The highest BCUT2D eigenvalue weighted by atomic mass is 32.2. The average Bonchev–Trinajstić information content (AvgIpc) is 3.25. The van der Waals surface area contributed by atoms with E-state index >= 15 is 0 Å². The molecule has 0 bridgehead atoms. The van der Waals surface area contributed by atoms with Gasteiger partial charge in [-0.1, -0.05) is 29.4 Å². The number of aryl methyl sites for hydroxylation is 1. The third kappa shape index (κ3) is 3.46. The number of hydrogen-bond acceptors (Lipinski definition) is 6. The van der Waals surface area contributed by atoms with Crippen LogP contribution < -0.4 is 10.0 Å². The van der Waals surface area contributed by atoms with Crippen LogP contribution in [0.1, 0.15) is 17.0 Å². The molecule has 0 saturated carbocycles. The highest BCUT2D eigenvalue weighted by Gasteiger charge is 2.22. The number of aromatic nitrogens is 2. The SMILES string of the molecule is Cc1ccccc1-c1noc(CNS(=O)(=O)c2ccc3c(c2)CC(=O)N3)n1. The van der Waals surface area contributed by atoms with E-state index in [9.17, 15) is 13.2 Å². The van der Waals surface area contributed by atoms with E-state index in [1.165, 1.54) is 12.1 Å². The Labute approximate surface area is 155 Å². The normalized spacial score (nSPS) is 13.4. The fourth-order valence-corrected chi connectivity index (χ4v) is 3.90. The predicted molar refractivity (Wildman–Crippen MR) is 97.3 cm³/mol. The Balaban J connectivity index is 1.50. The smallest absolute Gasteiger partial charge is 0.242 e. The molecule has 1 aliphatic heterocycles. The minimum absolute atomic E-state index is 0.0800. The molecule has 0 spiro atoms. The number of carbonyl (C=O) groups excluding carboxylic acids is 1. The van der Waals surface area contributed by atoms with Crippen molar-refractivity contribution >= 4 is 21.6 Å². The molecular weight excluding hydrogens is 368 g/mol. The van der Waals surface area contributed by atoms with E-state index in [1.807, 2.05) is 31.2 Å². The van der Waals surface area contributed by atoms with E-state index in [0.29, 0.717) is 17.1 Å². The van der Waals surface area contributed by atoms with Gasteiger partial charge >= 0.3 is 0 Å². The number of sulfonamides is 1. The van der Waals surface area contributed by atoms with Crippen molar-refractivity contribution in [3.05, 3.63) is 59.5 Å². The second-order valence-corrected chi connectivity index (χ2v) is 7.96. The number of fused-ring (bicyclic) bond motifs is 1. The molecule has 0 atom stereocenters. The van der Waals surface area contributed by atoms with Crippen LogP contribution in [-0.4, -0.2) is 24.5 Å². The summed E-state index contributed by atoms with van der Waals surface area (Å²) in [5.41, 5.74) is 3.11. The number of nitrogens with one attached hydrogen (secondary N) is 2. The minimum atomic E-state index is -3.78. The van der Waals surface area contributed by atoms with Gasteiger partial charge < -0.3 is 9.84 Å². The summed E-state index contributed by atoms with van der Waals surface area (Å²) in [5, 5.41) is 6.58. The van der Waals surface area contributed by atoms with Crippen molar-refractivity contribution in [1.29, 1.82) is 0 Å². The summed E-state index contributed by atoms with van der Waals surface area (Å²) in [4.78, 5) is 15.7. The molecule has 2 N–H and O–H groups in total. The largest absolute Gasteiger partial charge is 0.338 e. The maximum atomic E-state index is 12.5. The highest BCUT2D eigenvalue weighted by molar-refractivity contribution is 7.89. The zero-order valence-corrected chi connectivity index (χ0v) is 15.2. The lowest BCUT2D eigenvalue weighted by Gasteiger charge is -2.06. The minimum Gasteiger partial charge on any atom is -0.338 e. The van der Waals surface area contributed by atoms with E-state index in [0.717, 1.165) is 11.1 Å². The van der Waals surface area contributed by atoms with Crippen LogP contribution >= 0.6 is 0 Å². The predicted octanol–water partition coefficient (Wildman–Crippen LogP) is 2.02. The number of rotatable bonds is 5. The molecule has 0 unspecified atom stereocenters. The summed E-state index contributed by atoms with van der Waals surface area (Å²) < 4.78 is 32.6. The quantitative estimate of drug-likeness (QED) is 0.696. The molecule has 3 aromatic rings. The van der Waals surface area contributed by atoms with Gasteiger partial charge in [-0.05, 0) is 36.2 Å². The van der Waals surface area contributed by atoms with Gasteiger partial charge in [0.25, 0.3) is 0 Å². The van der Waals surface area contributed by atoms with E-state index < -0.39 is 10.0 Å². The summed E-state index contributed by atoms with van der Waals surface area (Å²) in [6.07, 6.45) is 0.169. The Bertz CT molecular complexity index is 1140. The van der Waals surface area contributed by atoms with Crippen molar-refractivity contribution in [2.24, 2.45) is 0 Å². The molecule has 0 saturated heterocycles. The molecule has 2 heterocycles. The van der Waals surface area contributed by atoms with Crippen molar-refractivity contribution in [3.63, 3.8) is 0 Å². The van der Waals surface area contributed by atoms with E-state index in [-0.39, 0.29) is 29.7 Å². The lowest BCUT2D eigenvalue weighted by molar-refractivity contribution is -0.115. The van der Waals surface area contributed by atoms with Crippen molar-refractivity contribution < 1.29 is 17.7 Å². The standard InChI is InChI=1S/C18H16N4O4S/c1-11-4-2-3-5-14(11)18-21-17(26-22-18)10-19-27(24,25)13-6-7-15-12(8-13)9-16(23)20-15/h2-8,19H,9-10H2,1H3,(H,20,23). The molecule has 0 radical (unpaired) electrons. The fraction of sp³-hybridized carbons (Fsp3) is 0.167. The van der Waals surface area contributed by atoms with Crippen LogP contribution in [0.25, 0.3) is 11.4 Å². The molecule has 0 aliphatic carbocycles. The number of carbonyl (C=O) groups is 1. The summed E-state index contributed by atoms with van der Waals surface area (Å²) >= 11 is 0. The molecule has 138 valence electrons. The fourth-order valence-electron chi connectivity index (χ4n) is 2.87. The molecular formula is C18H16N4O4S. The van der Waals surface area contributed by atoms with Gasteiger partial charge in [0.15, 0.2) is 0 Å². The first-order valence-corrected chi connectivity index (χ1v) is 9.72.